The standard InChI is InChI=1S/C27H28FNO4/c1-16-24(27(31)33-20-9-3-2-4-10-20)25(17-7-5-8-19(28)13-17)26-21(29-16)14-18(15-22(26)30)23-11-6-12-32-23/h5-8,11-13,18,20,25,29H,2-4,9-10,14-15H2,1H3. The molecule has 2 aliphatic carbocycles. The van der Waals surface area contributed by atoms with Gasteiger partial charge in [-0.2, -0.15) is 0 Å². The van der Waals surface area contributed by atoms with E-state index >= 15 is 0 Å². The Morgan fingerprint density at radius 3 is 2.67 bits per heavy atom. The third-order valence-corrected chi connectivity index (χ3v) is 7.00. The van der Waals surface area contributed by atoms with E-state index in [1.165, 1.54) is 12.1 Å². The third-order valence-electron chi connectivity index (χ3n) is 7.00. The molecule has 2 heterocycles. The first-order chi connectivity index (χ1) is 16.0. The van der Waals surface area contributed by atoms with Crippen molar-refractivity contribution in [2.45, 2.75) is 69.8 Å². The predicted molar refractivity (Wildman–Crippen MR) is 121 cm³/mol. The molecule has 5 nitrogen and oxygen atoms in total. The molecule has 3 aliphatic rings. The Labute approximate surface area is 192 Å². The van der Waals surface area contributed by atoms with E-state index in [1.54, 1.807) is 18.4 Å². The van der Waals surface area contributed by atoms with Crippen molar-refractivity contribution in [3.63, 3.8) is 0 Å². The normalized spacial score (nSPS) is 23.9. The van der Waals surface area contributed by atoms with Crippen LogP contribution in [0.3, 0.4) is 0 Å². The number of benzene rings is 1. The summed E-state index contributed by atoms with van der Waals surface area (Å²) in [5.74, 6) is -0.845. The lowest BCUT2D eigenvalue weighted by molar-refractivity contribution is -0.146. The lowest BCUT2D eigenvalue weighted by Gasteiger charge is -2.36. The average Bonchev–Trinajstić information content (AvgIpc) is 3.33. The van der Waals surface area contributed by atoms with Crippen molar-refractivity contribution < 1.29 is 23.1 Å². The number of hydrogen-bond donors (Lipinski definition) is 1. The lowest BCUT2D eigenvalue weighted by atomic mass is 9.72. The first kappa shape index (κ1) is 21.7. The van der Waals surface area contributed by atoms with Crippen molar-refractivity contribution >= 4 is 11.8 Å². The Morgan fingerprint density at radius 2 is 1.94 bits per heavy atom. The highest BCUT2D eigenvalue weighted by Crippen LogP contribution is 2.46. The number of ketones is 1. The molecule has 6 heteroatoms. The fourth-order valence-corrected chi connectivity index (χ4v) is 5.45. The summed E-state index contributed by atoms with van der Waals surface area (Å²) in [4.78, 5) is 26.9. The summed E-state index contributed by atoms with van der Waals surface area (Å²) in [7, 11) is 0. The van der Waals surface area contributed by atoms with Crippen molar-refractivity contribution in [3.05, 3.63) is 82.3 Å². The molecule has 0 saturated heterocycles. The number of rotatable bonds is 4. The Kier molecular flexibility index (Phi) is 5.92. The number of furan rings is 1. The van der Waals surface area contributed by atoms with Crippen LogP contribution in [0.1, 0.15) is 75.0 Å². The van der Waals surface area contributed by atoms with Gasteiger partial charge >= 0.3 is 5.97 Å². The number of halogens is 1. The molecule has 1 aliphatic heterocycles. The summed E-state index contributed by atoms with van der Waals surface area (Å²) in [5.41, 5.74) is 2.94. The molecule has 2 atom stereocenters. The Balaban J connectivity index is 1.53. The van der Waals surface area contributed by atoms with E-state index in [4.69, 9.17) is 9.15 Å². The van der Waals surface area contributed by atoms with Gasteiger partial charge in [0, 0.05) is 35.2 Å². The molecule has 33 heavy (non-hydrogen) atoms. The quantitative estimate of drug-likeness (QED) is 0.611. The Hall–Kier alpha value is -3.15. The molecule has 0 spiro atoms. The zero-order chi connectivity index (χ0) is 22.9. The number of hydrogen-bond acceptors (Lipinski definition) is 5. The second-order valence-electron chi connectivity index (χ2n) is 9.25. The zero-order valence-corrected chi connectivity index (χ0v) is 18.7. The summed E-state index contributed by atoms with van der Waals surface area (Å²) >= 11 is 0. The largest absolute Gasteiger partial charge is 0.469 e. The molecule has 2 aromatic rings. The average molecular weight is 450 g/mol. The minimum atomic E-state index is -0.655. The predicted octanol–water partition coefficient (Wildman–Crippen LogP) is 5.66. The SMILES string of the molecule is CC1=C(C(=O)OC2CCCCC2)C(c2cccc(F)c2)C2=C(CC(c3ccco3)CC2=O)N1. The van der Waals surface area contributed by atoms with Gasteiger partial charge < -0.3 is 14.5 Å². The van der Waals surface area contributed by atoms with E-state index in [0.717, 1.165) is 43.6 Å². The Bertz CT molecular complexity index is 1120. The first-order valence-electron chi connectivity index (χ1n) is 11.7. The number of carbonyl (C=O) groups is 2. The fraction of sp³-hybridized carbons (Fsp3) is 0.407. The molecule has 1 fully saturated rings. The van der Waals surface area contributed by atoms with Crippen molar-refractivity contribution in [1.29, 1.82) is 0 Å². The van der Waals surface area contributed by atoms with E-state index < -0.39 is 17.7 Å². The molecule has 0 amide bonds. The maximum Gasteiger partial charge on any atom is 0.337 e. The molecule has 1 aromatic heterocycles. The van der Waals surface area contributed by atoms with Gasteiger partial charge in [0.15, 0.2) is 5.78 Å². The highest BCUT2D eigenvalue weighted by atomic mass is 19.1. The molecule has 1 aromatic carbocycles. The lowest BCUT2D eigenvalue weighted by Crippen LogP contribution is -2.37. The van der Waals surface area contributed by atoms with Gasteiger partial charge in [0.1, 0.15) is 17.7 Å². The van der Waals surface area contributed by atoms with Crippen LogP contribution in [0.25, 0.3) is 0 Å². The Morgan fingerprint density at radius 1 is 1.12 bits per heavy atom. The van der Waals surface area contributed by atoms with E-state index in [1.807, 2.05) is 19.1 Å². The van der Waals surface area contributed by atoms with Crippen LogP contribution in [-0.2, 0) is 14.3 Å². The second-order valence-corrected chi connectivity index (χ2v) is 9.25. The maximum absolute atomic E-state index is 14.2. The molecule has 0 radical (unpaired) electrons. The number of carbonyl (C=O) groups excluding carboxylic acids is 2. The van der Waals surface area contributed by atoms with Crippen LogP contribution in [0.2, 0.25) is 0 Å². The fourth-order valence-electron chi connectivity index (χ4n) is 5.45. The molecule has 5 rings (SSSR count). The van der Waals surface area contributed by atoms with Crippen molar-refractivity contribution in [2.75, 3.05) is 0 Å². The number of dihydropyridines is 1. The number of ether oxygens (including phenoxy) is 1. The van der Waals surface area contributed by atoms with Crippen LogP contribution >= 0.6 is 0 Å². The van der Waals surface area contributed by atoms with E-state index in [9.17, 15) is 14.0 Å². The molecule has 1 saturated carbocycles. The smallest absolute Gasteiger partial charge is 0.337 e. The van der Waals surface area contributed by atoms with Crippen LogP contribution in [0, 0.1) is 5.82 Å². The van der Waals surface area contributed by atoms with Gasteiger partial charge in [-0.25, -0.2) is 9.18 Å². The second kappa shape index (κ2) is 9.00. The van der Waals surface area contributed by atoms with Crippen molar-refractivity contribution in [1.82, 2.24) is 5.32 Å². The highest BCUT2D eigenvalue weighted by Gasteiger charge is 2.42. The summed E-state index contributed by atoms with van der Waals surface area (Å²) < 4.78 is 25.7. The van der Waals surface area contributed by atoms with Gasteiger partial charge in [-0.15, -0.1) is 0 Å². The van der Waals surface area contributed by atoms with Crippen LogP contribution in [0.15, 0.2) is 69.6 Å². The van der Waals surface area contributed by atoms with Gasteiger partial charge in [0.25, 0.3) is 0 Å². The van der Waals surface area contributed by atoms with Gasteiger partial charge in [0.05, 0.1) is 11.8 Å². The van der Waals surface area contributed by atoms with Crippen LogP contribution in [0.4, 0.5) is 4.39 Å². The van der Waals surface area contributed by atoms with E-state index in [0.29, 0.717) is 28.8 Å². The summed E-state index contributed by atoms with van der Waals surface area (Å²) in [5, 5.41) is 3.33. The minimum Gasteiger partial charge on any atom is -0.469 e. The monoisotopic (exact) mass is 449 g/mol. The van der Waals surface area contributed by atoms with Crippen LogP contribution < -0.4 is 5.32 Å². The minimum absolute atomic E-state index is 0.0603. The number of nitrogens with one attached hydrogen (secondary N) is 1. The summed E-state index contributed by atoms with van der Waals surface area (Å²) in [6.07, 6.45) is 7.32. The topological polar surface area (TPSA) is 68.5 Å². The van der Waals surface area contributed by atoms with Crippen molar-refractivity contribution in [3.8, 4) is 0 Å². The van der Waals surface area contributed by atoms with Gasteiger partial charge in [-0.05, 0) is 68.9 Å². The van der Waals surface area contributed by atoms with E-state index in [2.05, 4.69) is 5.32 Å². The van der Waals surface area contributed by atoms with Crippen LogP contribution in [-0.4, -0.2) is 17.9 Å². The molecular formula is C27H28FNO4. The molecule has 172 valence electrons. The summed E-state index contributed by atoms with van der Waals surface area (Å²) in [6, 6.07) is 9.87. The van der Waals surface area contributed by atoms with E-state index in [-0.39, 0.29) is 24.2 Å². The molecule has 2 unspecified atom stereocenters. The van der Waals surface area contributed by atoms with Gasteiger partial charge in [0.2, 0.25) is 0 Å². The van der Waals surface area contributed by atoms with Crippen molar-refractivity contribution in [2.24, 2.45) is 0 Å². The van der Waals surface area contributed by atoms with Gasteiger partial charge in [-0.3, -0.25) is 4.79 Å². The number of Topliss-reactive ketones (excluding diaryl/α,β-unsaturated/α-hetero) is 1. The van der Waals surface area contributed by atoms with Crippen LogP contribution in [0.5, 0.6) is 0 Å². The maximum atomic E-state index is 14.2. The molecule has 1 N–H and O–H groups in total. The first-order valence-corrected chi connectivity index (χ1v) is 11.7. The highest BCUT2D eigenvalue weighted by molar-refractivity contribution is 6.04. The molecular weight excluding hydrogens is 421 g/mol. The zero-order valence-electron chi connectivity index (χ0n) is 18.7. The molecule has 0 bridgehead atoms. The summed E-state index contributed by atoms with van der Waals surface area (Å²) in [6.45, 7) is 1.83. The number of allylic oxidation sites excluding steroid dienone is 3. The number of esters is 1. The third kappa shape index (κ3) is 4.26. The van der Waals surface area contributed by atoms with Gasteiger partial charge in [-0.1, -0.05) is 18.6 Å².